The maximum absolute atomic E-state index is 13.2. The fraction of sp³-hybridized carbons (Fsp3) is 0.200. The van der Waals surface area contributed by atoms with Crippen LogP contribution in [0, 0.1) is 0 Å². The Morgan fingerprint density at radius 1 is 1.19 bits per heavy atom. The van der Waals surface area contributed by atoms with Gasteiger partial charge in [-0.25, -0.2) is 4.98 Å². The first kappa shape index (κ1) is 18.2. The van der Waals surface area contributed by atoms with Crippen LogP contribution in [0.15, 0.2) is 53.1 Å². The molecule has 1 amide bonds. The van der Waals surface area contributed by atoms with Crippen LogP contribution in [0.3, 0.4) is 0 Å². The second-order valence-corrected chi connectivity index (χ2v) is 9.14. The summed E-state index contributed by atoms with van der Waals surface area (Å²) in [5.41, 5.74) is 2.13. The lowest BCUT2D eigenvalue weighted by atomic mass is 10.0. The van der Waals surface area contributed by atoms with E-state index in [4.69, 9.17) is 21.0 Å². The Balaban J connectivity index is 1.79. The molecule has 0 bridgehead atoms. The van der Waals surface area contributed by atoms with Crippen LogP contribution in [0.5, 0.6) is 0 Å². The second kappa shape index (κ2) is 7.46. The summed E-state index contributed by atoms with van der Waals surface area (Å²) in [6.07, 6.45) is 1.61. The number of thiazole rings is 1. The number of rotatable bonds is 5. The molecular weight excluding hydrogens is 400 g/mol. The van der Waals surface area contributed by atoms with E-state index in [0.717, 1.165) is 10.2 Å². The van der Waals surface area contributed by atoms with Crippen molar-refractivity contribution in [2.45, 2.75) is 26.3 Å². The molecule has 0 fully saturated rings. The van der Waals surface area contributed by atoms with Crippen LogP contribution < -0.4 is 4.90 Å². The van der Waals surface area contributed by atoms with Gasteiger partial charge in [0.2, 0.25) is 0 Å². The van der Waals surface area contributed by atoms with E-state index in [9.17, 15) is 4.79 Å². The number of anilines is 1. The van der Waals surface area contributed by atoms with Crippen molar-refractivity contribution >= 4 is 55.5 Å². The van der Waals surface area contributed by atoms with Gasteiger partial charge in [-0.1, -0.05) is 48.9 Å². The fourth-order valence-electron chi connectivity index (χ4n) is 2.89. The minimum absolute atomic E-state index is 0.131. The number of carbonyl (C=O) groups excluding carboxylic acids is 1. The van der Waals surface area contributed by atoms with Gasteiger partial charge in [0.05, 0.1) is 32.2 Å². The summed E-state index contributed by atoms with van der Waals surface area (Å²) in [4.78, 5) is 20.2. The van der Waals surface area contributed by atoms with Crippen LogP contribution in [-0.4, -0.2) is 10.9 Å². The number of furan rings is 1. The maximum Gasteiger partial charge on any atom is 0.270 e. The normalized spacial score (nSPS) is 11.4. The third-order valence-electron chi connectivity index (χ3n) is 4.22. The number of fused-ring (bicyclic) bond motifs is 1. The zero-order chi connectivity index (χ0) is 19.0. The first-order valence-electron chi connectivity index (χ1n) is 8.52. The van der Waals surface area contributed by atoms with Crippen molar-refractivity contribution in [2.75, 3.05) is 4.90 Å². The van der Waals surface area contributed by atoms with Crippen molar-refractivity contribution in [3.05, 3.63) is 69.3 Å². The smallest absolute Gasteiger partial charge is 0.270 e. The zero-order valence-electron chi connectivity index (χ0n) is 14.8. The molecule has 3 aromatic heterocycles. The number of aromatic nitrogens is 1. The average molecular weight is 417 g/mol. The van der Waals surface area contributed by atoms with Gasteiger partial charge >= 0.3 is 0 Å². The molecule has 0 spiro atoms. The van der Waals surface area contributed by atoms with E-state index in [2.05, 4.69) is 19.9 Å². The third-order valence-corrected chi connectivity index (χ3v) is 6.48. The number of benzene rings is 1. The zero-order valence-corrected chi connectivity index (χ0v) is 17.2. The van der Waals surface area contributed by atoms with E-state index < -0.39 is 0 Å². The van der Waals surface area contributed by atoms with Crippen molar-refractivity contribution in [1.29, 1.82) is 0 Å². The molecule has 4 rings (SSSR count). The molecule has 0 aliphatic heterocycles. The minimum Gasteiger partial charge on any atom is -0.467 e. The van der Waals surface area contributed by atoms with Crippen LogP contribution in [0.2, 0.25) is 4.34 Å². The highest BCUT2D eigenvalue weighted by molar-refractivity contribution is 7.22. The van der Waals surface area contributed by atoms with Gasteiger partial charge in [-0.05, 0) is 41.8 Å². The first-order valence-corrected chi connectivity index (χ1v) is 10.5. The molecular formula is C20H17ClN2O2S2. The van der Waals surface area contributed by atoms with Gasteiger partial charge in [-0.2, -0.15) is 0 Å². The van der Waals surface area contributed by atoms with E-state index in [1.165, 1.54) is 28.2 Å². The van der Waals surface area contributed by atoms with E-state index in [1.807, 2.05) is 24.3 Å². The number of amides is 1. The lowest BCUT2D eigenvalue weighted by molar-refractivity contribution is 0.0987. The lowest BCUT2D eigenvalue weighted by Crippen LogP contribution is -2.29. The Hall–Kier alpha value is -2.15. The van der Waals surface area contributed by atoms with E-state index >= 15 is 0 Å². The average Bonchev–Trinajstić information content (AvgIpc) is 3.38. The number of carbonyl (C=O) groups is 1. The molecule has 0 N–H and O–H groups in total. The summed E-state index contributed by atoms with van der Waals surface area (Å²) < 4.78 is 7.13. The number of hydrogen-bond donors (Lipinski definition) is 0. The molecule has 0 unspecified atom stereocenters. The molecule has 0 aliphatic rings. The molecule has 27 heavy (non-hydrogen) atoms. The highest BCUT2D eigenvalue weighted by atomic mass is 35.5. The standard InChI is InChI=1S/C20H17ClN2O2S2/c1-12(2)14-6-3-7-15-18(14)22-20(27-15)23(11-13-5-4-10-25-13)19(24)16-8-9-17(21)26-16/h3-10,12H,11H2,1-2H3. The predicted octanol–water partition coefficient (Wildman–Crippen LogP) is 6.57. The summed E-state index contributed by atoms with van der Waals surface area (Å²) >= 11 is 8.81. The highest BCUT2D eigenvalue weighted by Gasteiger charge is 2.24. The Morgan fingerprint density at radius 2 is 2.04 bits per heavy atom. The molecule has 3 heterocycles. The van der Waals surface area contributed by atoms with Crippen LogP contribution >= 0.6 is 34.3 Å². The van der Waals surface area contributed by atoms with Crippen molar-refractivity contribution in [2.24, 2.45) is 0 Å². The second-order valence-electron chi connectivity index (χ2n) is 6.42. The number of halogens is 1. The summed E-state index contributed by atoms with van der Waals surface area (Å²) in [5, 5.41) is 0.657. The van der Waals surface area contributed by atoms with E-state index in [1.54, 1.807) is 23.3 Å². The topological polar surface area (TPSA) is 46.3 Å². The number of hydrogen-bond acceptors (Lipinski definition) is 5. The quantitative estimate of drug-likeness (QED) is 0.369. The van der Waals surface area contributed by atoms with Gasteiger partial charge in [-0.3, -0.25) is 9.69 Å². The van der Waals surface area contributed by atoms with Crippen LogP contribution in [0.1, 0.15) is 40.8 Å². The minimum atomic E-state index is -0.131. The number of nitrogens with zero attached hydrogens (tertiary/aromatic N) is 2. The Morgan fingerprint density at radius 3 is 2.70 bits per heavy atom. The van der Waals surface area contributed by atoms with Crippen molar-refractivity contribution in [1.82, 2.24) is 4.98 Å². The van der Waals surface area contributed by atoms with Crippen molar-refractivity contribution in [3.8, 4) is 0 Å². The van der Waals surface area contributed by atoms with Gasteiger partial charge in [0.15, 0.2) is 5.13 Å². The first-order chi connectivity index (χ1) is 13.0. The molecule has 0 aliphatic carbocycles. The largest absolute Gasteiger partial charge is 0.467 e. The molecule has 0 radical (unpaired) electrons. The Labute approximate surface area is 170 Å². The summed E-state index contributed by atoms with van der Waals surface area (Å²) in [5.74, 6) is 0.928. The van der Waals surface area contributed by atoms with Crippen LogP contribution in [0.4, 0.5) is 5.13 Å². The third kappa shape index (κ3) is 3.65. The lowest BCUT2D eigenvalue weighted by Gasteiger charge is -2.17. The van der Waals surface area contributed by atoms with Gasteiger partial charge in [0.25, 0.3) is 5.91 Å². The summed E-state index contributed by atoms with van der Waals surface area (Å²) in [6, 6.07) is 13.3. The molecule has 4 nitrogen and oxygen atoms in total. The highest BCUT2D eigenvalue weighted by Crippen LogP contribution is 2.35. The summed E-state index contributed by atoms with van der Waals surface area (Å²) in [6.45, 7) is 4.61. The SMILES string of the molecule is CC(C)c1cccc2sc(N(Cc3ccco3)C(=O)c3ccc(Cl)s3)nc12. The Bertz CT molecular complexity index is 1080. The van der Waals surface area contributed by atoms with Gasteiger partial charge in [0, 0.05) is 0 Å². The van der Waals surface area contributed by atoms with E-state index in [-0.39, 0.29) is 5.91 Å². The predicted molar refractivity (Wildman–Crippen MR) is 112 cm³/mol. The number of para-hydroxylation sites is 1. The molecule has 1 aromatic carbocycles. The maximum atomic E-state index is 13.2. The van der Waals surface area contributed by atoms with Crippen LogP contribution in [-0.2, 0) is 6.54 Å². The Kier molecular flexibility index (Phi) is 5.04. The summed E-state index contributed by atoms with van der Waals surface area (Å²) in [7, 11) is 0. The van der Waals surface area contributed by atoms with Gasteiger partial charge < -0.3 is 4.42 Å². The molecule has 7 heteroatoms. The van der Waals surface area contributed by atoms with Gasteiger partial charge in [0.1, 0.15) is 5.76 Å². The molecule has 0 atom stereocenters. The van der Waals surface area contributed by atoms with Gasteiger partial charge in [-0.15, -0.1) is 11.3 Å². The number of thiophene rings is 1. The van der Waals surface area contributed by atoms with E-state index in [0.29, 0.717) is 32.6 Å². The van der Waals surface area contributed by atoms with Crippen molar-refractivity contribution < 1.29 is 9.21 Å². The molecule has 138 valence electrons. The molecule has 0 saturated carbocycles. The molecule has 4 aromatic rings. The van der Waals surface area contributed by atoms with Crippen LogP contribution in [0.25, 0.3) is 10.2 Å². The fourth-order valence-corrected chi connectivity index (χ4v) is 4.88. The molecule has 0 saturated heterocycles. The monoisotopic (exact) mass is 416 g/mol. The van der Waals surface area contributed by atoms with Crippen molar-refractivity contribution in [3.63, 3.8) is 0 Å².